The number of rotatable bonds is 4. The third-order valence-corrected chi connectivity index (χ3v) is 5.22. The van der Waals surface area contributed by atoms with Crippen LogP contribution in [0, 0.1) is 6.92 Å². The molecule has 27 heavy (non-hydrogen) atoms. The summed E-state index contributed by atoms with van der Waals surface area (Å²) in [5.74, 6) is -0.0953. The Kier molecular flexibility index (Phi) is 4.94. The van der Waals surface area contributed by atoms with Crippen molar-refractivity contribution >= 4 is 17.5 Å². The topological polar surface area (TPSA) is 85.2 Å². The number of amides is 2. The third kappa shape index (κ3) is 3.88. The summed E-state index contributed by atoms with van der Waals surface area (Å²) < 4.78 is 7.24. The van der Waals surface area contributed by atoms with Crippen LogP contribution in [0.3, 0.4) is 0 Å². The molecule has 2 atom stereocenters. The molecule has 2 N–H and O–H groups in total. The van der Waals surface area contributed by atoms with E-state index >= 15 is 0 Å². The molecular formula is C20H24N4O3. The molecular weight excluding hydrogens is 344 g/mol. The van der Waals surface area contributed by atoms with Gasteiger partial charge in [-0.15, -0.1) is 0 Å². The van der Waals surface area contributed by atoms with Crippen molar-refractivity contribution in [1.82, 2.24) is 15.1 Å². The van der Waals surface area contributed by atoms with Crippen molar-refractivity contribution in [1.29, 1.82) is 0 Å². The minimum absolute atomic E-state index is 0.00922. The molecule has 2 aromatic rings. The summed E-state index contributed by atoms with van der Waals surface area (Å²) in [5.41, 5.74) is 3.00. The molecule has 0 aliphatic carbocycles. The lowest BCUT2D eigenvalue weighted by molar-refractivity contribution is -0.123. The lowest BCUT2D eigenvalue weighted by atomic mass is 9.97. The fraction of sp³-hybridized carbons (Fsp3) is 0.450. The van der Waals surface area contributed by atoms with Crippen LogP contribution < -0.4 is 10.6 Å². The van der Waals surface area contributed by atoms with Gasteiger partial charge in [-0.3, -0.25) is 14.3 Å². The molecule has 0 bridgehead atoms. The van der Waals surface area contributed by atoms with Crippen molar-refractivity contribution in [3.8, 4) is 0 Å². The standard InChI is InChI=1S/C20H24N4O3/c1-13-17(11-24(23-13)16-8-9-27-12-16)20(26)21-15-5-2-4-14(10-15)18-6-3-7-19(25)22-18/h2,4-5,10-11,16,18H,3,6-9,12H2,1H3,(H,21,26)(H,22,25). The van der Waals surface area contributed by atoms with Gasteiger partial charge in [0.2, 0.25) is 5.91 Å². The van der Waals surface area contributed by atoms with Crippen LogP contribution in [0.25, 0.3) is 0 Å². The molecule has 1 aromatic carbocycles. The Bertz CT molecular complexity index is 855. The number of hydrogen-bond acceptors (Lipinski definition) is 4. The van der Waals surface area contributed by atoms with Gasteiger partial charge in [0.25, 0.3) is 5.91 Å². The lowest BCUT2D eigenvalue weighted by Gasteiger charge is -2.24. The normalized spacial score (nSPS) is 22.5. The number of aryl methyl sites for hydroxylation is 1. The number of benzene rings is 1. The van der Waals surface area contributed by atoms with Gasteiger partial charge >= 0.3 is 0 Å². The fourth-order valence-corrected chi connectivity index (χ4v) is 3.71. The van der Waals surface area contributed by atoms with Crippen LogP contribution in [0.5, 0.6) is 0 Å². The van der Waals surface area contributed by atoms with Gasteiger partial charge in [0.05, 0.1) is 29.9 Å². The fourth-order valence-electron chi connectivity index (χ4n) is 3.71. The first-order chi connectivity index (χ1) is 13.1. The maximum absolute atomic E-state index is 12.7. The summed E-state index contributed by atoms with van der Waals surface area (Å²) in [4.78, 5) is 24.4. The van der Waals surface area contributed by atoms with E-state index in [0.717, 1.165) is 31.4 Å². The zero-order valence-corrected chi connectivity index (χ0v) is 15.4. The third-order valence-electron chi connectivity index (χ3n) is 5.22. The van der Waals surface area contributed by atoms with Crippen molar-refractivity contribution in [2.24, 2.45) is 0 Å². The molecule has 2 aliphatic rings. The second-order valence-electron chi connectivity index (χ2n) is 7.22. The molecule has 2 aliphatic heterocycles. The summed E-state index contributed by atoms with van der Waals surface area (Å²) >= 11 is 0. The number of piperidine rings is 1. The molecule has 0 spiro atoms. The van der Waals surface area contributed by atoms with Crippen LogP contribution in [0.1, 0.15) is 59.4 Å². The number of carbonyl (C=O) groups excluding carboxylic acids is 2. The lowest BCUT2D eigenvalue weighted by Crippen LogP contribution is -2.32. The quantitative estimate of drug-likeness (QED) is 0.869. The van der Waals surface area contributed by atoms with E-state index in [1.165, 1.54) is 0 Å². The van der Waals surface area contributed by atoms with Crippen molar-refractivity contribution in [3.05, 3.63) is 47.3 Å². The Morgan fingerprint density at radius 2 is 2.26 bits per heavy atom. The molecule has 142 valence electrons. The molecule has 2 amide bonds. The van der Waals surface area contributed by atoms with E-state index in [1.54, 1.807) is 6.20 Å². The van der Waals surface area contributed by atoms with E-state index in [4.69, 9.17) is 4.74 Å². The van der Waals surface area contributed by atoms with Crippen molar-refractivity contribution < 1.29 is 14.3 Å². The summed E-state index contributed by atoms with van der Waals surface area (Å²) in [5, 5.41) is 10.5. The van der Waals surface area contributed by atoms with E-state index in [9.17, 15) is 9.59 Å². The molecule has 0 radical (unpaired) electrons. The molecule has 4 rings (SSSR count). The van der Waals surface area contributed by atoms with E-state index in [1.807, 2.05) is 35.9 Å². The van der Waals surface area contributed by atoms with Gasteiger partial charge in [-0.25, -0.2) is 0 Å². The van der Waals surface area contributed by atoms with Gasteiger partial charge in [0.1, 0.15) is 0 Å². The van der Waals surface area contributed by atoms with Gasteiger partial charge in [0, 0.05) is 24.9 Å². The van der Waals surface area contributed by atoms with Crippen LogP contribution in [0.4, 0.5) is 5.69 Å². The highest BCUT2D eigenvalue weighted by Gasteiger charge is 2.23. The van der Waals surface area contributed by atoms with Crippen molar-refractivity contribution in [2.45, 2.75) is 44.7 Å². The average molecular weight is 368 g/mol. The number of aromatic nitrogens is 2. The second kappa shape index (κ2) is 7.52. The largest absolute Gasteiger partial charge is 0.379 e. The first kappa shape index (κ1) is 17.7. The van der Waals surface area contributed by atoms with Crippen LogP contribution in [-0.2, 0) is 9.53 Å². The highest BCUT2D eigenvalue weighted by Crippen LogP contribution is 2.26. The Balaban J connectivity index is 1.48. The van der Waals surface area contributed by atoms with Crippen LogP contribution in [0.2, 0.25) is 0 Å². The van der Waals surface area contributed by atoms with Crippen molar-refractivity contribution in [2.75, 3.05) is 18.5 Å². The number of anilines is 1. The predicted molar refractivity (Wildman–Crippen MR) is 101 cm³/mol. The van der Waals surface area contributed by atoms with E-state index in [2.05, 4.69) is 15.7 Å². The molecule has 3 heterocycles. The van der Waals surface area contributed by atoms with E-state index in [-0.39, 0.29) is 23.9 Å². The molecule has 0 saturated carbocycles. The minimum atomic E-state index is -0.178. The smallest absolute Gasteiger partial charge is 0.259 e. The van der Waals surface area contributed by atoms with E-state index < -0.39 is 0 Å². The van der Waals surface area contributed by atoms with E-state index in [0.29, 0.717) is 30.0 Å². The Morgan fingerprint density at radius 1 is 1.37 bits per heavy atom. The average Bonchev–Trinajstić information content (AvgIpc) is 3.31. The summed E-state index contributed by atoms with van der Waals surface area (Å²) in [6.45, 7) is 3.21. The highest BCUT2D eigenvalue weighted by molar-refractivity contribution is 6.04. The molecule has 2 saturated heterocycles. The zero-order valence-electron chi connectivity index (χ0n) is 15.4. The first-order valence-corrected chi connectivity index (χ1v) is 9.44. The van der Waals surface area contributed by atoms with Crippen LogP contribution in [0.15, 0.2) is 30.5 Å². The van der Waals surface area contributed by atoms with Crippen LogP contribution >= 0.6 is 0 Å². The van der Waals surface area contributed by atoms with Crippen molar-refractivity contribution in [3.63, 3.8) is 0 Å². The summed E-state index contributed by atoms with van der Waals surface area (Å²) in [6, 6.07) is 7.88. The Morgan fingerprint density at radius 3 is 3.04 bits per heavy atom. The number of carbonyl (C=O) groups is 2. The number of nitrogens with one attached hydrogen (secondary N) is 2. The second-order valence-corrected chi connectivity index (χ2v) is 7.22. The maximum atomic E-state index is 12.7. The van der Waals surface area contributed by atoms with Gasteiger partial charge in [-0.05, 0) is 43.9 Å². The maximum Gasteiger partial charge on any atom is 0.259 e. The predicted octanol–water partition coefficient (Wildman–Crippen LogP) is 2.75. The van der Waals surface area contributed by atoms with Gasteiger partial charge in [0.15, 0.2) is 0 Å². The first-order valence-electron chi connectivity index (χ1n) is 9.44. The monoisotopic (exact) mass is 368 g/mol. The minimum Gasteiger partial charge on any atom is -0.379 e. The SMILES string of the molecule is Cc1nn(C2CCOC2)cc1C(=O)Nc1cccc(C2CCCC(=O)N2)c1. The van der Waals surface area contributed by atoms with Gasteiger partial charge in [-0.1, -0.05) is 12.1 Å². The van der Waals surface area contributed by atoms with Gasteiger partial charge in [-0.2, -0.15) is 5.10 Å². The summed E-state index contributed by atoms with van der Waals surface area (Å²) in [6.07, 6.45) is 5.10. The zero-order chi connectivity index (χ0) is 18.8. The molecule has 2 unspecified atom stereocenters. The van der Waals surface area contributed by atoms with Crippen LogP contribution in [-0.4, -0.2) is 34.8 Å². The number of nitrogens with zero attached hydrogens (tertiary/aromatic N) is 2. The number of hydrogen-bond donors (Lipinski definition) is 2. The Labute approximate surface area is 158 Å². The number of ether oxygens (including phenoxy) is 1. The van der Waals surface area contributed by atoms with Gasteiger partial charge < -0.3 is 15.4 Å². The summed E-state index contributed by atoms with van der Waals surface area (Å²) in [7, 11) is 0. The Hall–Kier alpha value is -2.67. The molecule has 7 heteroatoms. The molecule has 1 aromatic heterocycles. The molecule has 2 fully saturated rings. The molecule has 7 nitrogen and oxygen atoms in total. The highest BCUT2D eigenvalue weighted by atomic mass is 16.5.